The molecule has 0 radical (unpaired) electrons. The van der Waals surface area contributed by atoms with Gasteiger partial charge in [0.25, 0.3) is 0 Å². The van der Waals surface area contributed by atoms with E-state index in [2.05, 4.69) is 10.3 Å². The number of hydrogen-bond acceptors (Lipinski definition) is 3. The molecule has 0 fully saturated rings. The van der Waals surface area contributed by atoms with Crippen LogP contribution in [0.2, 0.25) is 5.15 Å². The Morgan fingerprint density at radius 1 is 1.30 bits per heavy atom. The first kappa shape index (κ1) is 14.5. The summed E-state index contributed by atoms with van der Waals surface area (Å²) in [6, 6.07) is 12.8. The molecule has 1 amide bonds. The summed E-state index contributed by atoms with van der Waals surface area (Å²) in [5, 5.41) is 3.25. The van der Waals surface area contributed by atoms with Crippen LogP contribution in [-0.4, -0.2) is 17.4 Å². The van der Waals surface area contributed by atoms with Gasteiger partial charge in [0.2, 0.25) is 5.91 Å². The molecule has 3 N–H and O–H groups in total. The summed E-state index contributed by atoms with van der Waals surface area (Å²) in [6.45, 7) is 2.04. The molecule has 0 saturated heterocycles. The highest BCUT2D eigenvalue weighted by Crippen LogP contribution is 2.20. The molecular weight excluding hydrogens is 274 g/mol. The second-order valence-electron chi connectivity index (χ2n) is 4.46. The van der Waals surface area contributed by atoms with Crippen molar-refractivity contribution in [3.63, 3.8) is 0 Å². The minimum Gasteiger partial charge on any atom is -0.329 e. The highest BCUT2D eigenvalue weighted by Gasteiger charge is 2.19. The van der Waals surface area contributed by atoms with Crippen molar-refractivity contribution in [3.8, 4) is 0 Å². The number of halogens is 1. The van der Waals surface area contributed by atoms with E-state index in [1.54, 1.807) is 19.1 Å². The molecule has 5 heteroatoms. The molecule has 0 aliphatic heterocycles. The standard InChI is InChI=1S/C15H16ClN3O/c1-10-13(7-8-14(16)18-10)19-15(20)12(9-17)11-5-3-2-4-6-11/h2-8,12H,9,17H2,1H3,(H,19,20). The minimum atomic E-state index is -0.383. The number of anilines is 1. The third kappa shape index (κ3) is 3.35. The molecule has 2 rings (SSSR count). The molecule has 0 bridgehead atoms. The van der Waals surface area contributed by atoms with Gasteiger partial charge < -0.3 is 11.1 Å². The fourth-order valence-corrected chi connectivity index (χ4v) is 2.15. The number of aromatic nitrogens is 1. The average molecular weight is 290 g/mol. The fraction of sp³-hybridized carbons (Fsp3) is 0.200. The predicted molar refractivity (Wildman–Crippen MR) is 80.9 cm³/mol. The molecule has 1 heterocycles. The van der Waals surface area contributed by atoms with Crippen molar-refractivity contribution in [2.75, 3.05) is 11.9 Å². The Bertz CT molecular complexity index is 601. The molecule has 0 spiro atoms. The van der Waals surface area contributed by atoms with Crippen LogP contribution in [0.3, 0.4) is 0 Å². The number of nitrogens with zero attached hydrogens (tertiary/aromatic N) is 1. The van der Waals surface area contributed by atoms with Crippen molar-refractivity contribution in [1.82, 2.24) is 4.98 Å². The predicted octanol–water partition coefficient (Wildman–Crippen LogP) is 2.72. The Morgan fingerprint density at radius 2 is 2.00 bits per heavy atom. The molecule has 104 valence electrons. The third-order valence-corrected chi connectivity index (χ3v) is 3.27. The molecule has 0 aliphatic rings. The van der Waals surface area contributed by atoms with Gasteiger partial charge in [0.15, 0.2) is 0 Å². The fourth-order valence-electron chi connectivity index (χ4n) is 1.96. The van der Waals surface area contributed by atoms with Crippen molar-refractivity contribution >= 4 is 23.2 Å². The maximum atomic E-state index is 12.3. The van der Waals surface area contributed by atoms with E-state index in [0.717, 1.165) is 5.56 Å². The van der Waals surface area contributed by atoms with Gasteiger partial charge in [-0.25, -0.2) is 4.98 Å². The zero-order valence-corrected chi connectivity index (χ0v) is 11.9. The monoisotopic (exact) mass is 289 g/mol. The number of nitrogens with one attached hydrogen (secondary N) is 1. The number of pyridine rings is 1. The van der Waals surface area contributed by atoms with Gasteiger partial charge in [-0.3, -0.25) is 4.79 Å². The van der Waals surface area contributed by atoms with Crippen molar-refractivity contribution in [1.29, 1.82) is 0 Å². The van der Waals surface area contributed by atoms with Crippen molar-refractivity contribution in [3.05, 3.63) is 58.9 Å². The first-order chi connectivity index (χ1) is 9.61. The van der Waals surface area contributed by atoms with E-state index in [-0.39, 0.29) is 18.4 Å². The summed E-state index contributed by atoms with van der Waals surface area (Å²) in [4.78, 5) is 16.4. The van der Waals surface area contributed by atoms with Gasteiger partial charge in [0, 0.05) is 6.54 Å². The Labute approximate surface area is 123 Å². The van der Waals surface area contributed by atoms with Gasteiger partial charge in [-0.2, -0.15) is 0 Å². The van der Waals surface area contributed by atoms with E-state index in [4.69, 9.17) is 17.3 Å². The van der Waals surface area contributed by atoms with Gasteiger partial charge in [-0.15, -0.1) is 0 Å². The lowest BCUT2D eigenvalue weighted by molar-refractivity contribution is -0.117. The number of benzene rings is 1. The van der Waals surface area contributed by atoms with Crippen LogP contribution >= 0.6 is 11.6 Å². The van der Waals surface area contributed by atoms with E-state index in [9.17, 15) is 4.79 Å². The molecule has 1 unspecified atom stereocenters. The lowest BCUT2D eigenvalue weighted by Gasteiger charge is -2.16. The number of amides is 1. The number of hydrogen-bond donors (Lipinski definition) is 2. The molecule has 1 atom stereocenters. The topological polar surface area (TPSA) is 68.0 Å². The quantitative estimate of drug-likeness (QED) is 0.851. The van der Waals surface area contributed by atoms with Crippen LogP contribution < -0.4 is 11.1 Å². The van der Waals surface area contributed by atoms with E-state index < -0.39 is 0 Å². The largest absolute Gasteiger partial charge is 0.329 e. The molecule has 20 heavy (non-hydrogen) atoms. The Kier molecular flexibility index (Phi) is 4.71. The second kappa shape index (κ2) is 6.50. The summed E-state index contributed by atoms with van der Waals surface area (Å²) in [6.07, 6.45) is 0. The van der Waals surface area contributed by atoms with E-state index in [1.807, 2.05) is 30.3 Å². The summed E-state index contributed by atoms with van der Waals surface area (Å²) in [7, 11) is 0. The van der Waals surface area contributed by atoms with E-state index in [0.29, 0.717) is 16.5 Å². The van der Waals surface area contributed by atoms with Crippen LogP contribution in [0.15, 0.2) is 42.5 Å². The highest BCUT2D eigenvalue weighted by atomic mass is 35.5. The average Bonchev–Trinajstić information content (AvgIpc) is 2.44. The van der Waals surface area contributed by atoms with E-state index in [1.165, 1.54) is 0 Å². The van der Waals surface area contributed by atoms with Gasteiger partial charge in [-0.1, -0.05) is 41.9 Å². The van der Waals surface area contributed by atoms with Gasteiger partial charge >= 0.3 is 0 Å². The van der Waals surface area contributed by atoms with Crippen molar-refractivity contribution < 1.29 is 4.79 Å². The van der Waals surface area contributed by atoms with Crippen LogP contribution in [0.25, 0.3) is 0 Å². The zero-order chi connectivity index (χ0) is 14.5. The van der Waals surface area contributed by atoms with Crippen molar-refractivity contribution in [2.24, 2.45) is 5.73 Å². The summed E-state index contributed by atoms with van der Waals surface area (Å²) in [5.74, 6) is -0.530. The molecule has 4 nitrogen and oxygen atoms in total. The normalized spacial score (nSPS) is 11.9. The Morgan fingerprint density at radius 3 is 2.60 bits per heavy atom. The van der Waals surface area contributed by atoms with Gasteiger partial charge in [0.1, 0.15) is 5.15 Å². The van der Waals surface area contributed by atoms with Gasteiger partial charge in [0.05, 0.1) is 17.3 Å². The minimum absolute atomic E-state index is 0.147. The molecule has 0 aliphatic carbocycles. The SMILES string of the molecule is Cc1nc(Cl)ccc1NC(=O)C(CN)c1ccccc1. The number of nitrogens with two attached hydrogens (primary N) is 1. The second-order valence-corrected chi connectivity index (χ2v) is 4.84. The molecule has 0 saturated carbocycles. The molecular formula is C15H16ClN3O. The molecule has 2 aromatic rings. The maximum absolute atomic E-state index is 12.3. The number of carbonyl (C=O) groups is 1. The summed E-state index contributed by atoms with van der Waals surface area (Å²) in [5.41, 5.74) is 7.94. The number of aryl methyl sites for hydroxylation is 1. The third-order valence-electron chi connectivity index (χ3n) is 3.06. The van der Waals surface area contributed by atoms with Crippen LogP contribution in [0.4, 0.5) is 5.69 Å². The lowest BCUT2D eigenvalue weighted by atomic mass is 9.98. The number of carbonyl (C=O) groups excluding carboxylic acids is 1. The Balaban J connectivity index is 2.18. The lowest BCUT2D eigenvalue weighted by Crippen LogP contribution is -2.27. The van der Waals surface area contributed by atoms with Crippen LogP contribution in [0, 0.1) is 6.92 Å². The van der Waals surface area contributed by atoms with E-state index >= 15 is 0 Å². The van der Waals surface area contributed by atoms with Crippen LogP contribution in [0.5, 0.6) is 0 Å². The summed E-state index contributed by atoms with van der Waals surface area (Å²) < 4.78 is 0. The van der Waals surface area contributed by atoms with Crippen LogP contribution in [-0.2, 0) is 4.79 Å². The zero-order valence-electron chi connectivity index (χ0n) is 11.1. The van der Waals surface area contributed by atoms with Gasteiger partial charge in [-0.05, 0) is 24.6 Å². The molecule has 1 aromatic heterocycles. The Hall–Kier alpha value is -1.91. The smallest absolute Gasteiger partial charge is 0.233 e. The maximum Gasteiger partial charge on any atom is 0.233 e. The van der Waals surface area contributed by atoms with Crippen LogP contribution in [0.1, 0.15) is 17.2 Å². The first-order valence-electron chi connectivity index (χ1n) is 6.31. The summed E-state index contributed by atoms with van der Waals surface area (Å²) >= 11 is 5.80. The highest BCUT2D eigenvalue weighted by molar-refractivity contribution is 6.29. The van der Waals surface area contributed by atoms with Crippen molar-refractivity contribution in [2.45, 2.75) is 12.8 Å². The number of rotatable bonds is 4. The first-order valence-corrected chi connectivity index (χ1v) is 6.68. The molecule has 1 aromatic carbocycles.